The maximum atomic E-state index is 12.4. The molecule has 0 radical (unpaired) electrons. The number of nitrogens with zero attached hydrogens (tertiary/aromatic N) is 3. The van der Waals surface area contributed by atoms with Crippen LogP contribution in [0.15, 0.2) is 46.0 Å². The van der Waals surface area contributed by atoms with Crippen LogP contribution in [0.25, 0.3) is 11.5 Å². The van der Waals surface area contributed by atoms with E-state index in [2.05, 4.69) is 20.6 Å². The number of oxazole rings is 1. The maximum absolute atomic E-state index is 12.4. The van der Waals surface area contributed by atoms with Gasteiger partial charge in [0.1, 0.15) is 18.5 Å². The Bertz CT molecular complexity index is 790. The van der Waals surface area contributed by atoms with Crippen molar-refractivity contribution in [3.8, 4) is 11.5 Å². The monoisotopic (exact) mass is 397 g/mol. The highest BCUT2D eigenvalue weighted by molar-refractivity contribution is 5.86. The molecule has 2 aromatic rings. The molecule has 0 saturated carbocycles. The van der Waals surface area contributed by atoms with Crippen LogP contribution < -0.4 is 10.6 Å². The van der Waals surface area contributed by atoms with Gasteiger partial charge in [0.25, 0.3) is 0 Å². The summed E-state index contributed by atoms with van der Waals surface area (Å²) in [6.45, 7) is 0.915. The van der Waals surface area contributed by atoms with E-state index in [9.17, 15) is 18.0 Å². The van der Waals surface area contributed by atoms with Crippen molar-refractivity contribution in [2.24, 2.45) is 4.99 Å². The van der Waals surface area contributed by atoms with Crippen molar-refractivity contribution >= 4 is 11.9 Å². The van der Waals surface area contributed by atoms with Crippen molar-refractivity contribution in [2.75, 3.05) is 26.7 Å². The number of benzene rings is 1. The van der Waals surface area contributed by atoms with Crippen molar-refractivity contribution in [3.05, 3.63) is 42.3 Å². The first-order valence-corrected chi connectivity index (χ1v) is 8.61. The molecule has 0 fully saturated rings. The number of hydrogen-bond donors (Lipinski definition) is 2. The molecular weight excluding hydrogens is 375 g/mol. The average Bonchev–Trinajstić information content (AvgIpc) is 3.12. The van der Waals surface area contributed by atoms with E-state index in [1.165, 1.54) is 6.26 Å². The number of halogens is 3. The number of rotatable bonds is 7. The third-order valence-corrected chi connectivity index (χ3v) is 3.57. The number of carbonyl (C=O) groups excluding carboxylic acids is 1. The summed E-state index contributed by atoms with van der Waals surface area (Å²) < 4.78 is 42.5. The van der Waals surface area contributed by atoms with Gasteiger partial charge in [-0.25, -0.2) is 9.98 Å². The summed E-state index contributed by atoms with van der Waals surface area (Å²) in [5, 5.41) is 5.64. The van der Waals surface area contributed by atoms with Gasteiger partial charge in [-0.2, -0.15) is 13.2 Å². The van der Waals surface area contributed by atoms with Gasteiger partial charge in [-0.15, -0.1) is 0 Å². The largest absolute Gasteiger partial charge is 0.444 e. The Morgan fingerprint density at radius 3 is 2.61 bits per heavy atom. The third kappa shape index (κ3) is 6.93. The van der Waals surface area contributed by atoms with Gasteiger partial charge in [0, 0.05) is 19.2 Å². The lowest BCUT2D eigenvalue weighted by Gasteiger charge is -2.19. The number of likely N-dealkylation sites (N-methyl/N-ethyl adjacent to an activating group) is 1. The zero-order valence-corrected chi connectivity index (χ0v) is 15.6. The SMILES string of the molecule is CCNC(=NCc1coc(-c2ccccc2)n1)NCC(=O)N(C)CC(F)(F)F. The van der Waals surface area contributed by atoms with E-state index in [0.29, 0.717) is 29.0 Å². The zero-order chi connectivity index (χ0) is 20.6. The van der Waals surface area contributed by atoms with Crippen molar-refractivity contribution in [3.63, 3.8) is 0 Å². The van der Waals surface area contributed by atoms with Crippen LogP contribution in [-0.2, 0) is 11.3 Å². The van der Waals surface area contributed by atoms with Gasteiger partial charge in [-0.1, -0.05) is 18.2 Å². The molecule has 0 aliphatic rings. The first-order valence-electron chi connectivity index (χ1n) is 8.61. The molecule has 2 rings (SSSR count). The number of nitrogens with one attached hydrogen (secondary N) is 2. The molecule has 2 N–H and O–H groups in total. The molecule has 0 saturated heterocycles. The average molecular weight is 397 g/mol. The van der Waals surface area contributed by atoms with Crippen molar-refractivity contribution in [2.45, 2.75) is 19.6 Å². The molecule has 0 aliphatic carbocycles. The van der Waals surface area contributed by atoms with E-state index in [-0.39, 0.29) is 13.1 Å². The highest BCUT2D eigenvalue weighted by Gasteiger charge is 2.31. The standard InChI is InChI=1S/C18H22F3N5O2/c1-3-22-17(24-10-15(27)26(2)12-18(19,20)21)23-9-14-11-28-16(25-14)13-7-5-4-6-8-13/h4-8,11H,3,9-10,12H2,1-2H3,(H2,22,23,24). The highest BCUT2D eigenvalue weighted by atomic mass is 19.4. The topological polar surface area (TPSA) is 82.8 Å². The van der Waals surface area contributed by atoms with Gasteiger partial charge >= 0.3 is 6.18 Å². The van der Waals surface area contributed by atoms with Crippen LogP contribution in [0.2, 0.25) is 0 Å². The van der Waals surface area contributed by atoms with E-state index < -0.39 is 18.6 Å². The minimum atomic E-state index is -4.44. The summed E-state index contributed by atoms with van der Waals surface area (Å²) in [4.78, 5) is 21.1. The molecular formula is C18H22F3N5O2. The first-order chi connectivity index (χ1) is 13.3. The van der Waals surface area contributed by atoms with E-state index in [1.807, 2.05) is 37.3 Å². The summed E-state index contributed by atoms with van der Waals surface area (Å²) in [6.07, 6.45) is -2.95. The minimum Gasteiger partial charge on any atom is -0.444 e. The Balaban J connectivity index is 1.93. The van der Waals surface area contributed by atoms with Crippen LogP contribution in [-0.4, -0.2) is 54.6 Å². The van der Waals surface area contributed by atoms with Crippen LogP contribution in [0, 0.1) is 0 Å². The number of carbonyl (C=O) groups is 1. The number of hydrogen-bond acceptors (Lipinski definition) is 4. The summed E-state index contributed by atoms with van der Waals surface area (Å²) in [5.41, 5.74) is 1.41. The van der Waals surface area contributed by atoms with Crippen LogP contribution >= 0.6 is 0 Å². The molecule has 7 nitrogen and oxygen atoms in total. The van der Waals surface area contributed by atoms with E-state index in [4.69, 9.17) is 4.42 Å². The maximum Gasteiger partial charge on any atom is 0.406 e. The number of guanidine groups is 1. The predicted molar refractivity (Wildman–Crippen MR) is 98.4 cm³/mol. The Morgan fingerprint density at radius 1 is 1.25 bits per heavy atom. The van der Waals surface area contributed by atoms with Crippen LogP contribution in [0.3, 0.4) is 0 Å². The third-order valence-electron chi connectivity index (χ3n) is 3.57. The molecule has 28 heavy (non-hydrogen) atoms. The number of amides is 1. The molecule has 0 bridgehead atoms. The lowest BCUT2D eigenvalue weighted by molar-refractivity contribution is -0.157. The second-order valence-corrected chi connectivity index (χ2v) is 5.92. The summed E-state index contributed by atoms with van der Waals surface area (Å²) in [7, 11) is 1.10. The number of aromatic nitrogens is 1. The van der Waals surface area contributed by atoms with Crippen molar-refractivity contribution in [1.29, 1.82) is 0 Å². The second kappa shape index (κ2) is 9.77. The highest BCUT2D eigenvalue weighted by Crippen LogP contribution is 2.18. The number of alkyl halides is 3. The Labute approximate surface area is 160 Å². The summed E-state index contributed by atoms with van der Waals surface area (Å²) in [5.74, 6) is 0.0592. The summed E-state index contributed by atoms with van der Waals surface area (Å²) in [6, 6.07) is 9.37. The molecule has 1 amide bonds. The zero-order valence-electron chi connectivity index (χ0n) is 15.6. The van der Waals surface area contributed by atoms with Crippen molar-refractivity contribution < 1.29 is 22.4 Å². The predicted octanol–water partition coefficient (Wildman–Crippen LogP) is 2.42. The van der Waals surface area contributed by atoms with E-state index in [1.54, 1.807) is 0 Å². The summed E-state index contributed by atoms with van der Waals surface area (Å²) >= 11 is 0. The quantitative estimate of drug-likeness (QED) is 0.554. The van der Waals surface area contributed by atoms with Gasteiger partial charge in [-0.3, -0.25) is 4.79 Å². The van der Waals surface area contributed by atoms with Crippen LogP contribution in [0.1, 0.15) is 12.6 Å². The fraction of sp³-hybridized carbons (Fsp3) is 0.389. The Hall–Kier alpha value is -3.04. The molecule has 0 unspecified atom stereocenters. The van der Waals surface area contributed by atoms with Gasteiger partial charge < -0.3 is 20.0 Å². The van der Waals surface area contributed by atoms with Crippen LogP contribution in [0.4, 0.5) is 13.2 Å². The normalized spacial score (nSPS) is 12.0. The molecule has 0 aliphatic heterocycles. The first kappa shape index (κ1) is 21.3. The fourth-order valence-corrected chi connectivity index (χ4v) is 2.25. The molecule has 152 valence electrons. The molecule has 0 atom stereocenters. The van der Waals surface area contributed by atoms with E-state index in [0.717, 1.165) is 12.6 Å². The molecule has 1 heterocycles. The molecule has 1 aromatic heterocycles. The Morgan fingerprint density at radius 2 is 1.96 bits per heavy atom. The van der Waals surface area contributed by atoms with Gasteiger partial charge in [0.15, 0.2) is 5.96 Å². The minimum absolute atomic E-state index is 0.179. The van der Waals surface area contributed by atoms with Gasteiger partial charge in [0.05, 0.1) is 13.1 Å². The Kier molecular flexibility index (Phi) is 7.42. The van der Waals surface area contributed by atoms with Gasteiger partial charge in [0.2, 0.25) is 11.8 Å². The fourth-order valence-electron chi connectivity index (χ4n) is 2.25. The lowest BCUT2D eigenvalue weighted by atomic mass is 10.2. The smallest absolute Gasteiger partial charge is 0.406 e. The van der Waals surface area contributed by atoms with E-state index >= 15 is 0 Å². The lowest BCUT2D eigenvalue weighted by Crippen LogP contribution is -2.45. The number of aliphatic imine (C=N–C) groups is 1. The molecule has 10 heteroatoms. The van der Waals surface area contributed by atoms with Crippen LogP contribution in [0.5, 0.6) is 0 Å². The molecule has 1 aromatic carbocycles. The van der Waals surface area contributed by atoms with Crippen molar-refractivity contribution in [1.82, 2.24) is 20.5 Å². The molecule has 0 spiro atoms. The van der Waals surface area contributed by atoms with Gasteiger partial charge in [-0.05, 0) is 19.1 Å². The second-order valence-electron chi connectivity index (χ2n) is 5.92.